The molecular weight excluding hydrogens is 412 g/mol. The highest BCUT2D eigenvalue weighted by atomic mass is 16.5. The second kappa shape index (κ2) is 9.17. The Bertz CT molecular complexity index is 1380. The zero-order valence-electron chi connectivity index (χ0n) is 19.2. The van der Waals surface area contributed by atoms with Crippen LogP contribution >= 0.6 is 0 Å². The Morgan fingerprint density at radius 3 is 2.33 bits per heavy atom. The van der Waals surface area contributed by atoms with Crippen LogP contribution in [0.2, 0.25) is 0 Å². The molecule has 0 atom stereocenters. The van der Waals surface area contributed by atoms with Crippen LogP contribution in [0.15, 0.2) is 77.7 Å². The number of ketones is 1. The topological polar surface area (TPSA) is 64.1 Å². The van der Waals surface area contributed by atoms with Crippen molar-refractivity contribution in [3.05, 3.63) is 111 Å². The number of ether oxygens (including phenoxy) is 1. The van der Waals surface area contributed by atoms with E-state index in [9.17, 15) is 9.59 Å². The van der Waals surface area contributed by atoms with Gasteiger partial charge in [-0.05, 0) is 85.5 Å². The monoisotopic (exact) mass is 438 g/mol. The maximum absolute atomic E-state index is 12.7. The average molecular weight is 439 g/mol. The number of carbonyl (C=O) groups excluding carboxylic acids is 1. The number of methoxy groups -OCH3 is 1. The molecule has 0 amide bonds. The van der Waals surface area contributed by atoms with Crippen LogP contribution in [-0.2, 0) is 0 Å². The van der Waals surface area contributed by atoms with E-state index in [2.05, 4.69) is 37.9 Å². The zero-order chi connectivity index (χ0) is 23.5. The van der Waals surface area contributed by atoms with Crippen molar-refractivity contribution in [1.82, 2.24) is 9.55 Å². The first kappa shape index (κ1) is 22.1. The van der Waals surface area contributed by atoms with Crippen LogP contribution in [0.25, 0.3) is 23.0 Å². The van der Waals surface area contributed by atoms with Crippen molar-refractivity contribution in [2.45, 2.75) is 20.8 Å². The van der Waals surface area contributed by atoms with Gasteiger partial charge < -0.3 is 9.72 Å². The minimum Gasteiger partial charge on any atom is -0.497 e. The number of imidazole rings is 1. The molecule has 5 nitrogen and oxygen atoms in total. The van der Waals surface area contributed by atoms with Gasteiger partial charge in [-0.25, -0.2) is 4.79 Å². The fraction of sp³-hybridized carbons (Fsp3) is 0.143. The first-order chi connectivity index (χ1) is 15.9. The quantitative estimate of drug-likeness (QED) is 0.312. The predicted molar refractivity (Wildman–Crippen MR) is 132 cm³/mol. The van der Waals surface area contributed by atoms with E-state index in [1.165, 1.54) is 27.3 Å². The summed E-state index contributed by atoms with van der Waals surface area (Å²) in [6.07, 6.45) is 5.07. The van der Waals surface area contributed by atoms with Crippen LogP contribution < -0.4 is 10.4 Å². The molecular formula is C28H26N2O3. The van der Waals surface area contributed by atoms with Crippen molar-refractivity contribution in [1.29, 1.82) is 0 Å². The van der Waals surface area contributed by atoms with Crippen molar-refractivity contribution in [3.8, 4) is 22.7 Å². The molecule has 4 rings (SSSR count). The van der Waals surface area contributed by atoms with Crippen LogP contribution in [0.1, 0.15) is 32.6 Å². The van der Waals surface area contributed by atoms with E-state index in [-0.39, 0.29) is 11.5 Å². The Morgan fingerprint density at radius 2 is 1.67 bits per heavy atom. The molecule has 0 radical (unpaired) electrons. The summed E-state index contributed by atoms with van der Waals surface area (Å²) < 4.78 is 6.69. The van der Waals surface area contributed by atoms with E-state index >= 15 is 0 Å². The number of carbonyl (C=O) groups is 1. The third kappa shape index (κ3) is 4.72. The molecule has 0 unspecified atom stereocenters. The lowest BCUT2D eigenvalue weighted by Gasteiger charge is -2.07. The molecule has 0 aliphatic heterocycles. The Kier molecular flexibility index (Phi) is 6.13. The van der Waals surface area contributed by atoms with Crippen LogP contribution in [-0.4, -0.2) is 22.4 Å². The largest absolute Gasteiger partial charge is 0.497 e. The molecule has 0 saturated heterocycles. The number of benzene rings is 3. The van der Waals surface area contributed by atoms with Gasteiger partial charge in [0.25, 0.3) is 0 Å². The minimum atomic E-state index is -0.251. The molecule has 3 aromatic carbocycles. The molecule has 0 saturated carbocycles. The Morgan fingerprint density at radius 1 is 0.970 bits per heavy atom. The molecule has 5 heteroatoms. The summed E-state index contributed by atoms with van der Waals surface area (Å²) in [6, 6.07) is 18.7. The van der Waals surface area contributed by atoms with E-state index in [1.54, 1.807) is 37.6 Å². The lowest BCUT2D eigenvalue weighted by atomic mass is 9.99. The molecule has 166 valence electrons. The van der Waals surface area contributed by atoms with E-state index in [0.717, 1.165) is 22.6 Å². The van der Waals surface area contributed by atoms with Gasteiger partial charge in [-0.1, -0.05) is 30.3 Å². The fourth-order valence-electron chi connectivity index (χ4n) is 3.72. The molecule has 1 N–H and O–H groups in total. The second-order valence-electron chi connectivity index (χ2n) is 8.10. The number of H-pyrrole nitrogens is 1. The standard InChI is InChI=1S/C28H26N2O3/c1-18-14-23(15-19(2)20(18)3)26-17-30(28(32)29-26)24-7-5-6-22(16-24)27(31)13-10-21-8-11-25(33-4)12-9-21/h5-17H,1-4H3,(H,29,32)/b13-10+. The van der Waals surface area contributed by atoms with Crippen molar-refractivity contribution in [3.63, 3.8) is 0 Å². The Labute approximate surface area is 193 Å². The summed E-state index contributed by atoms with van der Waals surface area (Å²) in [4.78, 5) is 28.4. The number of aryl methyl sites for hydroxylation is 2. The highest BCUT2D eigenvalue weighted by Gasteiger charge is 2.11. The zero-order valence-corrected chi connectivity index (χ0v) is 19.2. The molecule has 4 aromatic rings. The third-order valence-corrected chi connectivity index (χ3v) is 5.91. The van der Waals surface area contributed by atoms with E-state index in [0.29, 0.717) is 11.3 Å². The van der Waals surface area contributed by atoms with Gasteiger partial charge >= 0.3 is 5.69 Å². The number of rotatable bonds is 6. The summed E-state index contributed by atoms with van der Waals surface area (Å²) >= 11 is 0. The second-order valence-corrected chi connectivity index (χ2v) is 8.10. The number of nitrogens with one attached hydrogen (secondary N) is 1. The number of nitrogens with zero attached hydrogens (tertiary/aromatic N) is 1. The highest BCUT2D eigenvalue weighted by Crippen LogP contribution is 2.24. The average Bonchev–Trinajstić information content (AvgIpc) is 3.22. The SMILES string of the molecule is COc1ccc(/C=C/C(=O)c2cccc(-n3cc(-c4cc(C)c(C)c(C)c4)[nH]c3=O)c2)cc1. The van der Waals surface area contributed by atoms with Gasteiger partial charge in [-0.3, -0.25) is 9.36 Å². The first-order valence-corrected chi connectivity index (χ1v) is 10.7. The van der Waals surface area contributed by atoms with Crippen molar-refractivity contribution in [2.24, 2.45) is 0 Å². The number of allylic oxidation sites excluding steroid dienone is 1. The van der Waals surface area contributed by atoms with Gasteiger partial charge in [0, 0.05) is 17.3 Å². The minimum absolute atomic E-state index is 0.138. The smallest absolute Gasteiger partial charge is 0.330 e. The van der Waals surface area contributed by atoms with Gasteiger partial charge in [0.15, 0.2) is 5.78 Å². The van der Waals surface area contributed by atoms with Crippen molar-refractivity contribution < 1.29 is 9.53 Å². The van der Waals surface area contributed by atoms with Gasteiger partial charge in [0.05, 0.1) is 18.5 Å². The molecule has 0 spiro atoms. The van der Waals surface area contributed by atoms with Crippen molar-refractivity contribution in [2.75, 3.05) is 7.11 Å². The highest BCUT2D eigenvalue weighted by molar-refractivity contribution is 6.07. The molecule has 1 aromatic heterocycles. The van der Waals surface area contributed by atoms with Gasteiger partial charge in [0.1, 0.15) is 5.75 Å². The fourth-order valence-corrected chi connectivity index (χ4v) is 3.72. The number of hydrogen-bond donors (Lipinski definition) is 1. The summed E-state index contributed by atoms with van der Waals surface area (Å²) in [6.45, 7) is 6.22. The van der Waals surface area contributed by atoms with Gasteiger partial charge in [-0.15, -0.1) is 0 Å². The number of aromatic nitrogens is 2. The van der Waals surface area contributed by atoms with Crippen molar-refractivity contribution >= 4 is 11.9 Å². The van der Waals surface area contributed by atoms with Crippen LogP contribution in [0.5, 0.6) is 5.75 Å². The lowest BCUT2D eigenvalue weighted by molar-refractivity contribution is 0.104. The molecule has 0 aliphatic carbocycles. The van der Waals surface area contributed by atoms with Gasteiger partial charge in [-0.2, -0.15) is 0 Å². The van der Waals surface area contributed by atoms with E-state index in [1.807, 2.05) is 30.3 Å². The molecule has 33 heavy (non-hydrogen) atoms. The van der Waals surface area contributed by atoms with Gasteiger partial charge in [0.2, 0.25) is 0 Å². The van der Waals surface area contributed by atoms with E-state index in [4.69, 9.17) is 4.74 Å². The first-order valence-electron chi connectivity index (χ1n) is 10.7. The van der Waals surface area contributed by atoms with Crippen LogP contribution in [0.4, 0.5) is 0 Å². The molecule has 1 heterocycles. The normalized spacial score (nSPS) is 11.2. The summed E-state index contributed by atoms with van der Waals surface area (Å²) in [5.41, 5.74) is 7.08. The van der Waals surface area contributed by atoms with Crippen LogP contribution in [0.3, 0.4) is 0 Å². The predicted octanol–water partition coefficient (Wildman–Crippen LogP) is 5.66. The van der Waals surface area contributed by atoms with Crippen LogP contribution in [0, 0.1) is 20.8 Å². The number of hydrogen-bond acceptors (Lipinski definition) is 3. The molecule has 0 aliphatic rings. The maximum Gasteiger partial charge on any atom is 0.330 e. The maximum atomic E-state index is 12.7. The summed E-state index contributed by atoms with van der Waals surface area (Å²) in [5, 5.41) is 0. The number of aromatic amines is 1. The molecule has 0 fully saturated rings. The third-order valence-electron chi connectivity index (χ3n) is 5.91. The lowest BCUT2D eigenvalue weighted by Crippen LogP contribution is -2.14. The van der Waals surface area contributed by atoms with E-state index < -0.39 is 0 Å². The summed E-state index contributed by atoms with van der Waals surface area (Å²) in [7, 11) is 1.61. The molecule has 0 bridgehead atoms. The summed E-state index contributed by atoms with van der Waals surface area (Å²) in [5.74, 6) is 0.625. The Hall–Kier alpha value is -4.12. The Balaban J connectivity index is 1.61.